The summed E-state index contributed by atoms with van der Waals surface area (Å²) in [7, 11) is 4.31. The van der Waals surface area contributed by atoms with Gasteiger partial charge in [0.15, 0.2) is 0 Å². The molecule has 1 aliphatic heterocycles. The van der Waals surface area contributed by atoms with E-state index in [1.165, 1.54) is 22.0 Å². The second-order valence-electron chi connectivity index (χ2n) is 7.06. The molecule has 1 aromatic carbocycles. The third kappa shape index (κ3) is 2.30. The lowest BCUT2D eigenvalue weighted by Gasteiger charge is -2.45. The minimum atomic E-state index is -0.675. The Balaban J connectivity index is 1.70. The molecule has 1 aliphatic carbocycles. The Morgan fingerprint density at radius 3 is 3.00 bits per heavy atom. The molecular weight excluding hydrogens is 290 g/mol. The number of fused-ring (bicyclic) bond motifs is 2. The smallest absolute Gasteiger partial charge is 0.404 e. The molecule has 1 aromatic heterocycles. The number of hydrogen-bond donors (Lipinski definition) is 1. The summed E-state index contributed by atoms with van der Waals surface area (Å²) in [4.78, 5) is 13.3. The summed E-state index contributed by atoms with van der Waals surface area (Å²) in [6.45, 7) is 1.37. The van der Waals surface area contributed by atoms with E-state index in [0.717, 1.165) is 19.4 Å². The Morgan fingerprint density at radius 1 is 1.39 bits per heavy atom. The minimum absolute atomic E-state index is 0.342. The molecule has 1 amide bonds. The van der Waals surface area contributed by atoms with Crippen LogP contribution in [0.5, 0.6) is 0 Å². The number of carbonyl (C=O) groups excluding carboxylic acids is 1. The first kappa shape index (κ1) is 14.6. The standard InChI is InChI=1S/C18H23N3O2/c1-20-8-11(10-23-18(19)22)6-14-13-4-3-5-15-17(13)12(7-16(14)20)9-21(15)2/h3-5,9,11,14,16H,6-8,10H2,1-2H3,(H2,19,22)/t11-,14+,16+/m0/s1. The van der Waals surface area contributed by atoms with Gasteiger partial charge in [-0.15, -0.1) is 0 Å². The van der Waals surface area contributed by atoms with Crippen molar-refractivity contribution in [3.05, 3.63) is 35.5 Å². The predicted octanol–water partition coefficient (Wildman–Crippen LogP) is 2.23. The Morgan fingerprint density at radius 2 is 2.22 bits per heavy atom. The van der Waals surface area contributed by atoms with Gasteiger partial charge in [-0.3, -0.25) is 0 Å². The number of amides is 1. The lowest BCUT2D eigenvalue weighted by atomic mass is 9.72. The largest absolute Gasteiger partial charge is 0.449 e. The number of likely N-dealkylation sites (N-methyl/N-ethyl adjacent to an activating group) is 1. The Labute approximate surface area is 136 Å². The number of likely N-dealkylation sites (tertiary alicyclic amines) is 1. The molecule has 122 valence electrons. The number of carbonyl (C=O) groups is 1. The molecule has 3 atom stereocenters. The topological polar surface area (TPSA) is 60.5 Å². The zero-order chi connectivity index (χ0) is 16.1. The van der Waals surface area contributed by atoms with Gasteiger partial charge < -0.3 is 19.9 Å². The highest BCUT2D eigenvalue weighted by Crippen LogP contribution is 2.44. The van der Waals surface area contributed by atoms with Gasteiger partial charge in [0.25, 0.3) is 0 Å². The van der Waals surface area contributed by atoms with Crippen molar-refractivity contribution in [1.29, 1.82) is 0 Å². The van der Waals surface area contributed by atoms with Gasteiger partial charge in [0.2, 0.25) is 0 Å². The summed E-state index contributed by atoms with van der Waals surface area (Å²) in [5.74, 6) is 0.836. The quantitative estimate of drug-likeness (QED) is 0.925. The molecule has 1 saturated heterocycles. The van der Waals surface area contributed by atoms with Gasteiger partial charge in [-0.1, -0.05) is 12.1 Å². The number of aromatic nitrogens is 1. The summed E-state index contributed by atoms with van der Waals surface area (Å²) >= 11 is 0. The van der Waals surface area contributed by atoms with E-state index < -0.39 is 6.09 Å². The normalized spacial score (nSPS) is 27.0. The van der Waals surface area contributed by atoms with Crippen LogP contribution in [0.3, 0.4) is 0 Å². The molecule has 2 heterocycles. The summed E-state index contributed by atoms with van der Waals surface area (Å²) in [5.41, 5.74) is 9.35. The van der Waals surface area contributed by atoms with E-state index in [1.807, 2.05) is 0 Å². The second-order valence-corrected chi connectivity index (χ2v) is 7.06. The maximum Gasteiger partial charge on any atom is 0.404 e. The van der Waals surface area contributed by atoms with Gasteiger partial charge in [0, 0.05) is 48.6 Å². The van der Waals surface area contributed by atoms with E-state index >= 15 is 0 Å². The average molecular weight is 313 g/mol. The van der Waals surface area contributed by atoms with Crippen LogP contribution in [0.15, 0.2) is 24.4 Å². The molecule has 2 N–H and O–H groups in total. The minimum Gasteiger partial charge on any atom is -0.449 e. The van der Waals surface area contributed by atoms with Crippen LogP contribution in [0.2, 0.25) is 0 Å². The van der Waals surface area contributed by atoms with Gasteiger partial charge in [-0.25, -0.2) is 4.79 Å². The van der Waals surface area contributed by atoms with Gasteiger partial charge in [0.1, 0.15) is 0 Å². The summed E-state index contributed by atoms with van der Waals surface area (Å²) in [6, 6.07) is 7.16. The first-order chi connectivity index (χ1) is 11.0. The number of rotatable bonds is 2. The van der Waals surface area contributed by atoms with E-state index in [-0.39, 0.29) is 0 Å². The highest BCUT2D eigenvalue weighted by Gasteiger charge is 2.39. The highest BCUT2D eigenvalue weighted by atomic mass is 16.5. The van der Waals surface area contributed by atoms with Crippen LogP contribution in [0.4, 0.5) is 4.79 Å². The molecule has 4 rings (SSSR count). The van der Waals surface area contributed by atoms with Gasteiger partial charge >= 0.3 is 6.09 Å². The zero-order valence-corrected chi connectivity index (χ0v) is 13.7. The SMILES string of the molecule is CN1C[C@@H](COC(N)=O)C[C@@H]2c3cccc4c3c(cn4C)C[C@H]21. The average Bonchev–Trinajstić information content (AvgIpc) is 2.84. The van der Waals surface area contributed by atoms with Crippen molar-refractivity contribution in [2.24, 2.45) is 18.7 Å². The van der Waals surface area contributed by atoms with Crippen LogP contribution < -0.4 is 5.73 Å². The highest BCUT2D eigenvalue weighted by molar-refractivity contribution is 5.89. The zero-order valence-electron chi connectivity index (χ0n) is 13.7. The van der Waals surface area contributed by atoms with Crippen LogP contribution in [0, 0.1) is 5.92 Å². The molecule has 1 fully saturated rings. The number of hydrogen-bond acceptors (Lipinski definition) is 3. The molecule has 23 heavy (non-hydrogen) atoms. The third-order valence-electron chi connectivity index (χ3n) is 5.58. The van der Waals surface area contributed by atoms with E-state index in [2.05, 4.69) is 48.0 Å². The van der Waals surface area contributed by atoms with Crippen molar-refractivity contribution in [3.8, 4) is 0 Å². The van der Waals surface area contributed by atoms with Crippen LogP contribution in [0.25, 0.3) is 10.9 Å². The fraction of sp³-hybridized carbons (Fsp3) is 0.500. The summed E-state index contributed by atoms with van der Waals surface area (Å²) < 4.78 is 7.30. The number of aryl methyl sites for hydroxylation is 1. The molecule has 0 bridgehead atoms. The third-order valence-corrected chi connectivity index (χ3v) is 5.58. The van der Waals surface area contributed by atoms with Crippen molar-refractivity contribution in [3.63, 3.8) is 0 Å². The number of benzene rings is 1. The monoisotopic (exact) mass is 313 g/mol. The fourth-order valence-electron chi connectivity index (χ4n) is 4.65. The number of ether oxygens (including phenoxy) is 1. The summed E-state index contributed by atoms with van der Waals surface area (Å²) in [5, 5.41) is 1.43. The number of primary amides is 1. The number of piperidine rings is 1. The molecule has 0 unspecified atom stereocenters. The maximum atomic E-state index is 10.9. The number of nitrogens with two attached hydrogens (primary N) is 1. The van der Waals surface area contributed by atoms with E-state index in [1.54, 1.807) is 0 Å². The van der Waals surface area contributed by atoms with E-state index in [0.29, 0.717) is 24.5 Å². The first-order valence-corrected chi connectivity index (χ1v) is 8.24. The molecule has 5 nitrogen and oxygen atoms in total. The molecule has 2 aliphatic rings. The van der Waals surface area contributed by atoms with Crippen molar-refractivity contribution >= 4 is 17.0 Å². The predicted molar refractivity (Wildman–Crippen MR) is 89.4 cm³/mol. The molecule has 0 spiro atoms. The van der Waals surface area contributed by atoms with E-state index in [9.17, 15) is 4.79 Å². The summed E-state index contributed by atoms with van der Waals surface area (Å²) in [6.07, 6.45) is 3.75. The van der Waals surface area contributed by atoms with Gasteiger partial charge in [0.05, 0.1) is 6.61 Å². The lowest BCUT2D eigenvalue weighted by molar-refractivity contribution is 0.0652. The maximum absolute atomic E-state index is 10.9. The fourth-order valence-corrected chi connectivity index (χ4v) is 4.65. The van der Waals surface area contributed by atoms with Crippen molar-refractivity contribution in [2.45, 2.75) is 24.8 Å². The number of nitrogens with zero attached hydrogens (tertiary/aromatic N) is 2. The Bertz CT molecular complexity index is 767. The van der Waals surface area contributed by atoms with Gasteiger partial charge in [-0.2, -0.15) is 0 Å². The van der Waals surface area contributed by atoms with Gasteiger partial charge in [-0.05, 0) is 37.1 Å². The molecule has 0 saturated carbocycles. The Kier molecular flexibility index (Phi) is 3.34. The molecule has 0 radical (unpaired) electrons. The molecule has 2 aromatic rings. The van der Waals surface area contributed by atoms with Crippen molar-refractivity contribution in [2.75, 3.05) is 20.2 Å². The lowest BCUT2D eigenvalue weighted by Crippen LogP contribution is -2.48. The first-order valence-electron chi connectivity index (χ1n) is 8.24. The van der Waals surface area contributed by atoms with Crippen LogP contribution in [-0.2, 0) is 18.2 Å². The van der Waals surface area contributed by atoms with Crippen LogP contribution in [-0.4, -0.2) is 41.8 Å². The van der Waals surface area contributed by atoms with Crippen LogP contribution in [0.1, 0.15) is 23.5 Å². The second kappa shape index (κ2) is 5.27. The molecular formula is C18H23N3O2. The van der Waals surface area contributed by atoms with Crippen molar-refractivity contribution in [1.82, 2.24) is 9.47 Å². The van der Waals surface area contributed by atoms with Crippen LogP contribution >= 0.6 is 0 Å². The Hall–Kier alpha value is -2.01. The molecule has 5 heteroatoms. The van der Waals surface area contributed by atoms with Crippen molar-refractivity contribution < 1.29 is 9.53 Å². The van der Waals surface area contributed by atoms with E-state index in [4.69, 9.17) is 10.5 Å².